The first-order valence-corrected chi connectivity index (χ1v) is 4.42. The zero-order valence-electron chi connectivity index (χ0n) is 7.55. The van der Waals surface area contributed by atoms with Crippen molar-refractivity contribution < 1.29 is 4.79 Å². The van der Waals surface area contributed by atoms with E-state index in [1.54, 1.807) is 7.05 Å². The number of nitrogens with two attached hydrogens (primary N) is 1. The zero-order valence-corrected chi connectivity index (χ0v) is 7.55. The molecule has 0 aromatic carbocycles. The Labute approximate surface area is 73.1 Å². The second kappa shape index (κ2) is 4.42. The lowest BCUT2D eigenvalue weighted by Gasteiger charge is -2.30. The average Bonchev–Trinajstić information content (AvgIpc) is 2.06. The van der Waals surface area contributed by atoms with Crippen LogP contribution in [0.5, 0.6) is 0 Å². The highest BCUT2D eigenvalue weighted by atomic mass is 16.2. The molecule has 0 aromatic rings. The van der Waals surface area contributed by atoms with Gasteiger partial charge in [-0.1, -0.05) is 0 Å². The van der Waals surface area contributed by atoms with E-state index in [1.165, 1.54) is 0 Å². The van der Waals surface area contributed by atoms with Gasteiger partial charge >= 0.3 is 0 Å². The minimum atomic E-state index is 0.185. The molecule has 4 heteroatoms. The van der Waals surface area contributed by atoms with Crippen LogP contribution in [0.2, 0.25) is 0 Å². The third-order valence-electron chi connectivity index (χ3n) is 2.22. The van der Waals surface area contributed by atoms with Gasteiger partial charge in [-0.2, -0.15) is 0 Å². The minimum absolute atomic E-state index is 0.185. The van der Waals surface area contributed by atoms with Gasteiger partial charge < -0.3 is 16.0 Å². The first-order chi connectivity index (χ1) is 5.74. The number of likely N-dealkylation sites (N-methyl/N-ethyl adjacent to an activating group) is 1. The van der Waals surface area contributed by atoms with E-state index in [0.717, 1.165) is 25.9 Å². The maximum Gasteiger partial charge on any atom is 0.236 e. The molecule has 0 saturated carbocycles. The smallest absolute Gasteiger partial charge is 0.236 e. The van der Waals surface area contributed by atoms with Crippen molar-refractivity contribution in [1.29, 1.82) is 0 Å². The molecule has 70 valence electrons. The van der Waals surface area contributed by atoms with Gasteiger partial charge in [-0.3, -0.25) is 4.79 Å². The van der Waals surface area contributed by atoms with E-state index in [1.807, 2.05) is 4.90 Å². The highest BCUT2D eigenvalue weighted by Gasteiger charge is 2.19. The van der Waals surface area contributed by atoms with Crippen LogP contribution in [0.25, 0.3) is 0 Å². The number of carbonyl (C=O) groups is 1. The number of hydrogen-bond donors (Lipinski definition) is 2. The average molecular weight is 171 g/mol. The Kier molecular flexibility index (Phi) is 3.49. The lowest BCUT2D eigenvalue weighted by molar-refractivity contribution is -0.131. The molecule has 1 aliphatic rings. The van der Waals surface area contributed by atoms with Crippen molar-refractivity contribution in [2.45, 2.75) is 18.9 Å². The third-order valence-corrected chi connectivity index (χ3v) is 2.22. The van der Waals surface area contributed by atoms with Crippen molar-refractivity contribution in [1.82, 2.24) is 10.2 Å². The summed E-state index contributed by atoms with van der Waals surface area (Å²) in [4.78, 5) is 13.2. The molecule has 1 fully saturated rings. The Bertz CT molecular complexity index is 152. The van der Waals surface area contributed by atoms with E-state index in [9.17, 15) is 4.79 Å². The molecule has 1 amide bonds. The Hall–Kier alpha value is -0.610. The third kappa shape index (κ3) is 2.46. The van der Waals surface area contributed by atoms with Crippen LogP contribution >= 0.6 is 0 Å². The van der Waals surface area contributed by atoms with Gasteiger partial charge in [0.05, 0.1) is 6.54 Å². The molecule has 1 rings (SSSR count). The van der Waals surface area contributed by atoms with Crippen LogP contribution in [0.1, 0.15) is 12.8 Å². The largest absolute Gasteiger partial charge is 0.341 e. The second-order valence-electron chi connectivity index (χ2n) is 3.25. The van der Waals surface area contributed by atoms with E-state index in [2.05, 4.69) is 5.32 Å². The van der Waals surface area contributed by atoms with E-state index in [4.69, 9.17) is 5.73 Å². The molecule has 4 nitrogen and oxygen atoms in total. The SMILES string of the molecule is CNCC(=O)N1CCC(N)CC1. The standard InChI is InChI=1S/C8H17N3O/c1-10-6-8(12)11-4-2-7(9)3-5-11/h7,10H,2-6,9H2,1H3. The monoisotopic (exact) mass is 171 g/mol. The number of nitrogens with one attached hydrogen (secondary N) is 1. The van der Waals surface area contributed by atoms with E-state index >= 15 is 0 Å². The van der Waals surface area contributed by atoms with Crippen LogP contribution in [-0.2, 0) is 4.79 Å². The second-order valence-corrected chi connectivity index (χ2v) is 3.25. The van der Waals surface area contributed by atoms with Crippen LogP contribution in [0.15, 0.2) is 0 Å². The fourth-order valence-electron chi connectivity index (χ4n) is 1.41. The molecule has 1 heterocycles. The summed E-state index contributed by atoms with van der Waals surface area (Å²) in [5, 5.41) is 2.85. The van der Waals surface area contributed by atoms with Crippen molar-refractivity contribution in [3.8, 4) is 0 Å². The van der Waals surface area contributed by atoms with Crippen molar-refractivity contribution >= 4 is 5.91 Å². The normalized spacial score (nSPS) is 19.7. The van der Waals surface area contributed by atoms with E-state index < -0.39 is 0 Å². The molecule has 0 unspecified atom stereocenters. The summed E-state index contributed by atoms with van der Waals surface area (Å²) in [6.07, 6.45) is 1.88. The first-order valence-electron chi connectivity index (χ1n) is 4.42. The molecule has 0 radical (unpaired) electrons. The Morgan fingerprint density at radius 2 is 2.17 bits per heavy atom. The number of nitrogens with zero attached hydrogens (tertiary/aromatic N) is 1. The zero-order chi connectivity index (χ0) is 8.97. The highest BCUT2D eigenvalue weighted by Crippen LogP contribution is 2.07. The predicted molar refractivity (Wildman–Crippen MR) is 47.7 cm³/mol. The lowest BCUT2D eigenvalue weighted by Crippen LogP contribution is -2.45. The molecular formula is C8H17N3O. The van der Waals surface area contributed by atoms with Gasteiger partial charge in [0, 0.05) is 19.1 Å². The molecule has 0 atom stereocenters. The summed E-state index contributed by atoms with van der Waals surface area (Å²) in [5.41, 5.74) is 5.72. The van der Waals surface area contributed by atoms with Crippen LogP contribution in [0.3, 0.4) is 0 Å². The van der Waals surface area contributed by atoms with Gasteiger partial charge in [-0.25, -0.2) is 0 Å². The molecule has 0 aromatic heterocycles. The molecule has 1 saturated heterocycles. The van der Waals surface area contributed by atoms with Crippen LogP contribution in [-0.4, -0.2) is 43.5 Å². The van der Waals surface area contributed by atoms with Gasteiger partial charge in [-0.15, -0.1) is 0 Å². The van der Waals surface area contributed by atoms with Crippen molar-refractivity contribution in [2.75, 3.05) is 26.7 Å². The number of likely N-dealkylation sites (tertiary alicyclic amines) is 1. The first kappa shape index (κ1) is 9.48. The van der Waals surface area contributed by atoms with Crippen molar-refractivity contribution in [2.24, 2.45) is 5.73 Å². The molecule has 12 heavy (non-hydrogen) atoms. The summed E-state index contributed by atoms with van der Waals surface area (Å²) in [6.45, 7) is 2.08. The van der Waals surface area contributed by atoms with Crippen molar-refractivity contribution in [3.05, 3.63) is 0 Å². The van der Waals surface area contributed by atoms with Crippen LogP contribution in [0, 0.1) is 0 Å². The maximum absolute atomic E-state index is 11.3. The maximum atomic E-state index is 11.3. The molecule has 1 aliphatic heterocycles. The predicted octanol–water partition coefficient (Wildman–Crippen LogP) is -0.844. The fourth-order valence-corrected chi connectivity index (χ4v) is 1.41. The Morgan fingerprint density at radius 1 is 1.58 bits per heavy atom. The fraction of sp³-hybridized carbons (Fsp3) is 0.875. The quantitative estimate of drug-likeness (QED) is 0.569. The van der Waals surface area contributed by atoms with Gasteiger partial charge in [0.1, 0.15) is 0 Å². The topological polar surface area (TPSA) is 58.4 Å². The van der Waals surface area contributed by atoms with Gasteiger partial charge in [0.25, 0.3) is 0 Å². The summed E-state index contributed by atoms with van der Waals surface area (Å²) in [7, 11) is 1.79. The Balaban J connectivity index is 2.29. The summed E-state index contributed by atoms with van der Waals surface area (Å²) >= 11 is 0. The molecule has 3 N–H and O–H groups in total. The van der Waals surface area contributed by atoms with Gasteiger partial charge in [-0.05, 0) is 19.9 Å². The number of piperidine rings is 1. The summed E-state index contributed by atoms with van der Waals surface area (Å²) < 4.78 is 0. The number of carbonyl (C=O) groups excluding carboxylic acids is 1. The number of amides is 1. The van der Waals surface area contributed by atoms with E-state index in [-0.39, 0.29) is 5.91 Å². The number of rotatable bonds is 2. The molecule has 0 spiro atoms. The summed E-state index contributed by atoms with van der Waals surface area (Å²) in [6, 6.07) is 0.295. The summed E-state index contributed by atoms with van der Waals surface area (Å²) in [5.74, 6) is 0.185. The Morgan fingerprint density at radius 3 is 2.67 bits per heavy atom. The molecule has 0 aliphatic carbocycles. The minimum Gasteiger partial charge on any atom is -0.341 e. The number of hydrogen-bond acceptors (Lipinski definition) is 3. The van der Waals surface area contributed by atoms with Crippen LogP contribution in [0.4, 0.5) is 0 Å². The van der Waals surface area contributed by atoms with Crippen LogP contribution < -0.4 is 11.1 Å². The van der Waals surface area contributed by atoms with Gasteiger partial charge in [0.15, 0.2) is 0 Å². The van der Waals surface area contributed by atoms with E-state index in [0.29, 0.717) is 12.6 Å². The molecular weight excluding hydrogens is 154 g/mol. The van der Waals surface area contributed by atoms with Gasteiger partial charge in [0.2, 0.25) is 5.91 Å². The van der Waals surface area contributed by atoms with Crippen molar-refractivity contribution in [3.63, 3.8) is 0 Å². The highest BCUT2D eigenvalue weighted by molar-refractivity contribution is 5.78. The molecule has 0 bridgehead atoms. The lowest BCUT2D eigenvalue weighted by atomic mass is 10.1.